The van der Waals surface area contributed by atoms with Crippen LogP contribution in [-0.2, 0) is 9.05 Å². The number of nitrogens with one attached hydrogen (secondary N) is 1. The molecule has 1 N–H and O–H groups in total. The minimum Gasteiger partial charge on any atom is -0.497 e. The van der Waals surface area contributed by atoms with E-state index in [1.165, 1.54) is 0 Å². The molecule has 9 heteroatoms. The first-order chi connectivity index (χ1) is 11.3. The van der Waals surface area contributed by atoms with E-state index in [-0.39, 0.29) is 16.3 Å². The number of hydrogen-bond acceptors (Lipinski definition) is 6. The highest BCUT2D eigenvalue weighted by molar-refractivity contribution is 8.13. The van der Waals surface area contributed by atoms with Crippen LogP contribution in [0.1, 0.15) is 11.4 Å². The van der Waals surface area contributed by atoms with Gasteiger partial charge in [-0.1, -0.05) is 5.16 Å². The quantitative estimate of drug-likeness (QED) is 0.710. The number of H-pyrrole nitrogens is 1. The molecule has 0 saturated carbocycles. The molecule has 0 atom stereocenters. The molecule has 0 bridgehead atoms. The molecule has 3 aromatic rings. The maximum absolute atomic E-state index is 11.9. The van der Waals surface area contributed by atoms with E-state index in [1.54, 1.807) is 45.2 Å². The minimum atomic E-state index is -3.96. The molecule has 2 aromatic heterocycles. The van der Waals surface area contributed by atoms with Crippen molar-refractivity contribution in [3.05, 3.63) is 35.7 Å². The van der Waals surface area contributed by atoms with E-state index in [4.69, 9.17) is 19.9 Å². The fraction of sp³-hybridized carbons (Fsp3) is 0.200. The molecule has 0 saturated heterocycles. The molecule has 0 unspecified atom stereocenters. The number of benzene rings is 1. The van der Waals surface area contributed by atoms with Crippen LogP contribution in [0.25, 0.3) is 22.8 Å². The first kappa shape index (κ1) is 16.5. The second kappa shape index (κ2) is 5.95. The lowest BCUT2D eigenvalue weighted by Gasteiger charge is -1.99. The predicted molar refractivity (Wildman–Crippen MR) is 88.6 cm³/mol. The molecule has 2 heterocycles. The molecule has 7 nitrogen and oxygen atoms in total. The summed E-state index contributed by atoms with van der Waals surface area (Å²) in [5, 5.41) is 3.91. The molecular weight excluding hydrogens is 354 g/mol. The topological polar surface area (TPSA) is 98.1 Å². The summed E-state index contributed by atoms with van der Waals surface area (Å²) >= 11 is 0. The van der Waals surface area contributed by atoms with Gasteiger partial charge in [0.1, 0.15) is 10.6 Å². The van der Waals surface area contributed by atoms with Gasteiger partial charge in [-0.3, -0.25) is 0 Å². The van der Waals surface area contributed by atoms with Gasteiger partial charge >= 0.3 is 0 Å². The first-order valence-corrected chi connectivity index (χ1v) is 9.24. The van der Waals surface area contributed by atoms with Gasteiger partial charge in [-0.25, -0.2) is 8.42 Å². The Hall–Kier alpha value is -2.32. The van der Waals surface area contributed by atoms with Crippen molar-refractivity contribution in [3.63, 3.8) is 0 Å². The average Bonchev–Trinajstić information content (AvgIpc) is 3.10. The van der Waals surface area contributed by atoms with Crippen LogP contribution in [0.5, 0.6) is 5.75 Å². The predicted octanol–water partition coefficient (Wildman–Crippen LogP) is 3.28. The van der Waals surface area contributed by atoms with Crippen LogP contribution >= 0.6 is 10.7 Å². The Balaban J connectivity index is 2.09. The highest BCUT2D eigenvalue weighted by atomic mass is 35.7. The lowest BCUT2D eigenvalue weighted by Crippen LogP contribution is -1.94. The summed E-state index contributed by atoms with van der Waals surface area (Å²) in [6.45, 7) is 3.33. The van der Waals surface area contributed by atoms with Crippen molar-refractivity contribution < 1.29 is 17.7 Å². The maximum Gasteiger partial charge on any atom is 0.263 e. The molecule has 1 aromatic carbocycles. The molecule has 0 aliphatic heterocycles. The van der Waals surface area contributed by atoms with E-state index >= 15 is 0 Å². The minimum absolute atomic E-state index is 0.0494. The van der Waals surface area contributed by atoms with Crippen LogP contribution in [0.15, 0.2) is 33.7 Å². The van der Waals surface area contributed by atoms with Gasteiger partial charge in [-0.05, 0) is 38.1 Å². The summed E-state index contributed by atoms with van der Waals surface area (Å²) < 4.78 is 34.1. The average molecular weight is 368 g/mol. The van der Waals surface area contributed by atoms with E-state index < -0.39 is 9.05 Å². The fourth-order valence-corrected chi connectivity index (χ4v) is 3.98. The van der Waals surface area contributed by atoms with Gasteiger partial charge in [0.15, 0.2) is 0 Å². The number of halogens is 1. The maximum atomic E-state index is 11.9. The van der Waals surface area contributed by atoms with E-state index in [0.29, 0.717) is 28.5 Å². The highest BCUT2D eigenvalue weighted by Crippen LogP contribution is 2.35. The number of methoxy groups -OCH3 is 1. The van der Waals surface area contributed by atoms with E-state index in [0.717, 1.165) is 0 Å². The molecule has 3 rings (SSSR count). The van der Waals surface area contributed by atoms with Crippen LogP contribution in [0.2, 0.25) is 0 Å². The van der Waals surface area contributed by atoms with Gasteiger partial charge in [0.05, 0.1) is 12.7 Å². The lowest BCUT2D eigenvalue weighted by atomic mass is 10.2. The Bertz CT molecular complexity index is 990. The largest absolute Gasteiger partial charge is 0.497 e. The molecule has 0 fully saturated rings. The van der Waals surface area contributed by atoms with Crippen LogP contribution in [-0.4, -0.2) is 30.7 Å². The Kier molecular flexibility index (Phi) is 4.10. The third kappa shape index (κ3) is 2.90. The molecule has 0 aliphatic carbocycles. The van der Waals surface area contributed by atoms with Crippen molar-refractivity contribution in [2.45, 2.75) is 18.7 Å². The van der Waals surface area contributed by atoms with Gasteiger partial charge in [0.2, 0.25) is 5.82 Å². The van der Waals surface area contributed by atoms with Crippen molar-refractivity contribution in [1.82, 2.24) is 15.1 Å². The summed E-state index contributed by atoms with van der Waals surface area (Å²) in [5.41, 5.74) is 2.00. The molecule has 0 aliphatic rings. The van der Waals surface area contributed by atoms with E-state index in [2.05, 4.69) is 15.1 Å². The standard InChI is InChI=1S/C15H14ClN3O4S/c1-8-12(13(9(2)17-8)24(16,20)21)15-18-14(19-23-15)10-4-6-11(22-3)7-5-10/h4-7,17H,1-3H3. The summed E-state index contributed by atoms with van der Waals surface area (Å²) in [7, 11) is 3.15. The van der Waals surface area contributed by atoms with Crippen molar-refractivity contribution in [1.29, 1.82) is 0 Å². The van der Waals surface area contributed by atoms with Gasteiger partial charge in [-0.15, -0.1) is 0 Å². The van der Waals surface area contributed by atoms with Gasteiger partial charge < -0.3 is 14.2 Å². The molecular formula is C15H14ClN3O4S. The lowest BCUT2D eigenvalue weighted by molar-refractivity contribution is 0.414. The number of nitrogens with zero attached hydrogens (tertiary/aromatic N) is 2. The molecule has 0 radical (unpaired) electrons. The van der Waals surface area contributed by atoms with Crippen molar-refractivity contribution in [2.24, 2.45) is 0 Å². The van der Waals surface area contributed by atoms with Gasteiger partial charge in [-0.2, -0.15) is 4.98 Å². The number of rotatable bonds is 4. The molecule has 126 valence electrons. The van der Waals surface area contributed by atoms with E-state index in [9.17, 15) is 8.42 Å². The molecule has 0 spiro atoms. The second-order valence-corrected chi connectivity index (χ2v) is 7.67. The Morgan fingerprint density at radius 3 is 2.42 bits per heavy atom. The van der Waals surface area contributed by atoms with Crippen molar-refractivity contribution in [3.8, 4) is 28.6 Å². The number of hydrogen-bond donors (Lipinski definition) is 1. The Morgan fingerprint density at radius 1 is 1.17 bits per heavy atom. The van der Waals surface area contributed by atoms with Crippen LogP contribution < -0.4 is 4.74 Å². The fourth-order valence-electron chi connectivity index (χ4n) is 2.50. The third-order valence-corrected chi connectivity index (χ3v) is 5.01. The molecule has 24 heavy (non-hydrogen) atoms. The number of aromatic nitrogens is 3. The number of aromatic amines is 1. The molecule has 0 amide bonds. The zero-order valence-electron chi connectivity index (χ0n) is 13.1. The van der Waals surface area contributed by atoms with Gasteiger partial charge in [0.25, 0.3) is 14.9 Å². The smallest absolute Gasteiger partial charge is 0.263 e. The third-order valence-electron chi connectivity index (χ3n) is 3.55. The highest BCUT2D eigenvalue weighted by Gasteiger charge is 2.27. The first-order valence-electron chi connectivity index (χ1n) is 6.93. The second-order valence-electron chi connectivity index (χ2n) is 5.17. The van der Waals surface area contributed by atoms with Crippen molar-refractivity contribution >= 4 is 19.7 Å². The SMILES string of the molecule is COc1ccc(-c2noc(-c3c(C)[nH]c(C)c3S(=O)(=O)Cl)n2)cc1. The normalized spacial score (nSPS) is 11.7. The zero-order chi connectivity index (χ0) is 17.5. The zero-order valence-corrected chi connectivity index (χ0v) is 14.7. The van der Waals surface area contributed by atoms with Gasteiger partial charge in [0, 0.05) is 27.6 Å². The van der Waals surface area contributed by atoms with Crippen LogP contribution in [0.3, 0.4) is 0 Å². The number of aryl methyl sites for hydroxylation is 2. The summed E-state index contributed by atoms with van der Waals surface area (Å²) in [4.78, 5) is 7.18. The monoisotopic (exact) mass is 367 g/mol. The Morgan fingerprint density at radius 2 is 1.83 bits per heavy atom. The Labute approximate surface area is 143 Å². The number of ether oxygens (including phenoxy) is 1. The summed E-state index contributed by atoms with van der Waals surface area (Å²) in [5.74, 6) is 1.13. The van der Waals surface area contributed by atoms with Crippen LogP contribution in [0, 0.1) is 13.8 Å². The van der Waals surface area contributed by atoms with E-state index in [1.807, 2.05) is 0 Å². The summed E-state index contributed by atoms with van der Waals surface area (Å²) in [6, 6.07) is 7.10. The van der Waals surface area contributed by atoms with Crippen molar-refractivity contribution in [2.75, 3.05) is 7.11 Å². The summed E-state index contributed by atoms with van der Waals surface area (Å²) in [6.07, 6.45) is 0. The van der Waals surface area contributed by atoms with Crippen LogP contribution in [0.4, 0.5) is 0 Å².